The van der Waals surface area contributed by atoms with E-state index < -0.39 is 0 Å². The Labute approximate surface area is 174 Å². The van der Waals surface area contributed by atoms with Gasteiger partial charge in [-0.15, -0.1) is 0 Å². The minimum absolute atomic E-state index is 0.767. The largest absolute Gasteiger partial charge is 0.354 e. The highest BCUT2D eigenvalue weighted by Gasteiger charge is 2.19. The summed E-state index contributed by atoms with van der Waals surface area (Å²) in [6.07, 6.45) is 8.71. The molecule has 1 aliphatic carbocycles. The second kappa shape index (κ2) is 9.88. The van der Waals surface area contributed by atoms with Gasteiger partial charge in [-0.3, -0.25) is 4.90 Å². The number of hydrogen-bond donors (Lipinski definition) is 1. The second-order valence-corrected chi connectivity index (χ2v) is 8.22. The Balaban J connectivity index is 1.30. The number of allylic oxidation sites excluding steroid dienone is 1. The van der Waals surface area contributed by atoms with Gasteiger partial charge in [0.15, 0.2) is 0 Å². The lowest BCUT2D eigenvalue weighted by atomic mass is 9.97. The molecule has 1 saturated heterocycles. The average molecular weight is 392 g/mol. The number of aryl methyl sites for hydroxylation is 1. The first-order valence-corrected chi connectivity index (χ1v) is 11.0. The van der Waals surface area contributed by atoms with Crippen molar-refractivity contribution in [2.75, 3.05) is 42.9 Å². The van der Waals surface area contributed by atoms with E-state index in [2.05, 4.69) is 69.5 Å². The van der Waals surface area contributed by atoms with E-state index in [0.717, 1.165) is 63.1 Å². The van der Waals surface area contributed by atoms with E-state index in [4.69, 9.17) is 4.98 Å². The predicted molar refractivity (Wildman–Crippen MR) is 120 cm³/mol. The van der Waals surface area contributed by atoms with Gasteiger partial charge in [-0.25, -0.2) is 4.98 Å². The average Bonchev–Trinajstić information content (AvgIpc) is 2.75. The molecule has 29 heavy (non-hydrogen) atoms. The van der Waals surface area contributed by atoms with Crippen LogP contribution in [0.5, 0.6) is 0 Å². The minimum atomic E-state index is 0.767. The molecular weight excluding hydrogens is 358 g/mol. The SMILES string of the molecule is Cc1cc(N2CCN(Cc3ccccc3)CC2)nc(NCCC2=CCCCC2)n1. The van der Waals surface area contributed by atoms with Crippen molar-refractivity contribution in [3.8, 4) is 0 Å². The summed E-state index contributed by atoms with van der Waals surface area (Å²) in [5.41, 5.74) is 4.01. The number of hydrogen-bond acceptors (Lipinski definition) is 5. The molecule has 0 bridgehead atoms. The molecule has 1 fully saturated rings. The number of nitrogens with one attached hydrogen (secondary N) is 1. The quantitative estimate of drug-likeness (QED) is 0.708. The molecule has 2 aromatic rings. The number of anilines is 2. The highest BCUT2D eigenvalue weighted by atomic mass is 15.3. The molecule has 1 aromatic heterocycles. The molecule has 154 valence electrons. The van der Waals surface area contributed by atoms with Gasteiger partial charge in [-0.1, -0.05) is 42.0 Å². The third kappa shape index (κ3) is 5.80. The molecule has 0 unspecified atom stereocenters. The zero-order chi connectivity index (χ0) is 19.9. The van der Waals surface area contributed by atoms with Crippen molar-refractivity contribution < 1.29 is 0 Å². The summed E-state index contributed by atoms with van der Waals surface area (Å²) in [5, 5.41) is 3.45. The summed E-state index contributed by atoms with van der Waals surface area (Å²) in [6.45, 7) is 8.15. The topological polar surface area (TPSA) is 44.3 Å². The van der Waals surface area contributed by atoms with Crippen LogP contribution in [0.3, 0.4) is 0 Å². The van der Waals surface area contributed by atoms with Gasteiger partial charge in [-0.2, -0.15) is 4.98 Å². The van der Waals surface area contributed by atoms with Gasteiger partial charge in [0.25, 0.3) is 0 Å². The molecule has 0 saturated carbocycles. The lowest BCUT2D eigenvalue weighted by Gasteiger charge is -2.35. The molecule has 0 amide bonds. The Morgan fingerprint density at radius 1 is 1.00 bits per heavy atom. The predicted octanol–water partition coefficient (Wildman–Crippen LogP) is 4.41. The van der Waals surface area contributed by atoms with Crippen LogP contribution < -0.4 is 10.2 Å². The molecule has 1 aromatic carbocycles. The Bertz CT molecular complexity index is 809. The molecule has 0 atom stereocenters. The van der Waals surface area contributed by atoms with Crippen molar-refractivity contribution in [3.05, 3.63) is 59.3 Å². The first kappa shape index (κ1) is 19.9. The number of rotatable bonds is 7. The Hall–Kier alpha value is -2.40. The van der Waals surface area contributed by atoms with Crippen LogP contribution in [-0.2, 0) is 6.54 Å². The molecule has 5 heteroatoms. The molecule has 5 nitrogen and oxygen atoms in total. The fourth-order valence-corrected chi connectivity index (χ4v) is 4.24. The van der Waals surface area contributed by atoms with E-state index in [-0.39, 0.29) is 0 Å². The van der Waals surface area contributed by atoms with Gasteiger partial charge < -0.3 is 10.2 Å². The first-order valence-electron chi connectivity index (χ1n) is 11.0. The molecule has 2 aliphatic rings. The monoisotopic (exact) mass is 391 g/mol. The highest BCUT2D eigenvalue weighted by molar-refractivity contribution is 5.45. The third-order valence-electron chi connectivity index (χ3n) is 5.90. The van der Waals surface area contributed by atoms with Crippen molar-refractivity contribution in [2.24, 2.45) is 0 Å². The molecule has 2 heterocycles. The summed E-state index contributed by atoms with van der Waals surface area (Å²) in [7, 11) is 0. The van der Waals surface area contributed by atoms with E-state index in [1.54, 1.807) is 5.57 Å². The second-order valence-electron chi connectivity index (χ2n) is 8.22. The van der Waals surface area contributed by atoms with Crippen molar-refractivity contribution >= 4 is 11.8 Å². The zero-order valence-electron chi connectivity index (χ0n) is 17.6. The van der Waals surface area contributed by atoms with Crippen molar-refractivity contribution in [2.45, 2.75) is 45.6 Å². The highest BCUT2D eigenvalue weighted by Crippen LogP contribution is 2.21. The van der Waals surface area contributed by atoms with Crippen LogP contribution in [0.2, 0.25) is 0 Å². The van der Waals surface area contributed by atoms with Crippen molar-refractivity contribution in [1.82, 2.24) is 14.9 Å². The van der Waals surface area contributed by atoms with Crippen LogP contribution in [0.1, 0.15) is 43.4 Å². The van der Waals surface area contributed by atoms with Crippen LogP contribution >= 0.6 is 0 Å². The van der Waals surface area contributed by atoms with E-state index >= 15 is 0 Å². The van der Waals surface area contributed by atoms with E-state index in [1.807, 2.05) is 0 Å². The van der Waals surface area contributed by atoms with Crippen LogP contribution in [0.15, 0.2) is 48.0 Å². The fraction of sp³-hybridized carbons (Fsp3) is 0.500. The number of aromatic nitrogens is 2. The zero-order valence-corrected chi connectivity index (χ0v) is 17.6. The van der Waals surface area contributed by atoms with Crippen LogP contribution in [0.25, 0.3) is 0 Å². The lowest BCUT2D eigenvalue weighted by molar-refractivity contribution is 0.249. The number of nitrogens with zero attached hydrogens (tertiary/aromatic N) is 4. The summed E-state index contributed by atoms with van der Waals surface area (Å²) < 4.78 is 0. The van der Waals surface area contributed by atoms with Crippen molar-refractivity contribution in [1.29, 1.82) is 0 Å². The maximum atomic E-state index is 4.81. The maximum Gasteiger partial charge on any atom is 0.224 e. The van der Waals surface area contributed by atoms with Gasteiger partial charge in [0, 0.05) is 51.0 Å². The number of benzene rings is 1. The normalized spacial score (nSPS) is 17.8. The molecule has 1 N–H and O–H groups in total. The van der Waals surface area contributed by atoms with Crippen LogP contribution in [0.4, 0.5) is 11.8 Å². The van der Waals surface area contributed by atoms with Gasteiger partial charge in [-0.05, 0) is 44.6 Å². The van der Waals surface area contributed by atoms with E-state index in [1.165, 1.54) is 31.2 Å². The van der Waals surface area contributed by atoms with Crippen LogP contribution in [-0.4, -0.2) is 47.6 Å². The smallest absolute Gasteiger partial charge is 0.224 e. The fourth-order valence-electron chi connectivity index (χ4n) is 4.24. The Morgan fingerprint density at radius 2 is 1.83 bits per heavy atom. The van der Waals surface area contributed by atoms with Gasteiger partial charge in [0.1, 0.15) is 5.82 Å². The molecule has 0 radical (unpaired) electrons. The Kier molecular flexibility index (Phi) is 6.78. The molecule has 4 rings (SSSR count). The molecule has 1 aliphatic heterocycles. The van der Waals surface area contributed by atoms with Gasteiger partial charge >= 0.3 is 0 Å². The summed E-state index contributed by atoms with van der Waals surface area (Å²) in [6, 6.07) is 12.9. The minimum Gasteiger partial charge on any atom is -0.354 e. The number of piperazine rings is 1. The van der Waals surface area contributed by atoms with Gasteiger partial charge in [0.05, 0.1) is 0 Å². The van der Waals surface area contributed by atoms with E-state index in [0.29, 0.717) is 0 Å². The lowest BCUT2D eigenvalue weighted by Crippen LogP contribution is -2.46. The summed E-state index contributed by atoms with van der Waals surface area (Å²) in [4.78, 5) is 14.3. The third-order valence-corrected chi connectivity index (χ3v) is 5.90. The summed E-state index contributed by atoms with van der Waals surface area (Å²) >= 11 is 0. The van der Waals surface area contributed by atoms with Crippen molar-refractivity contribution in [3.63, 3.8) is 0 Å². The van der Waals surface area contributed by atoms with E-state index in [9.17, 15) is 0 Å². The molecule has 0 spiro atoms. The molecular formula is C24H33N5. The standard InChI is InChI=1S/C24H33N5/c1-20-18-23(27-24(26-20)25-13-12-21-8-4-2-5-9-21)29-16-14-28(15-17-29)19-22-10-6-3-7-11-22/h3,6-8,10-11,18H,2,4-5,9,12-17,19H2,1H3,(H,25,26,27). The Morgan fingerprint density at radius 3 is 2.59 bits per heavy atom. The van der Waals surface area contributed by atoms with Gasteiger partial charge in [0.2, 0.25) is 5.95 Å². The summed E-state index contributed by atoms with van der Waals surface area (Å²) in [5.74, 6) is 1.82. The van der Waals surface area contributed by atoms with Crippen LogP contribution in [0, 0.1) is 6.92 Å². The first-order chi connectivity index (χ1) is 14.3. The maximum absolute atomic E-state index is 4.81.